The van der Waals surface area contributed by atoms with E-state index in [2.05, 4.69) is 31.7 Å². The van der Waals surface area contributed by atoms with Crippen LogP contribution in [0, 0.1) is 6.92 Å². The summed E-state index contributed by atoms with van der Waals surface area (Å²) >= 11 is 4.00. The summed E-state index contributed by atoms with van der Waals surface area (Å²) in [6.45, 7) is 2.09. The summed E-state index contributed by atoms with van der Waals surface area (Å²) in [5.74, 6) is 0. The number of benzene rings is 1. The molecule has 0 aromatic heterocycles. The fourth-order valence-corrected chi connectivity index (χ4v) is 1.01. The van der Waals surface area contributed by atoms with Gasteiger partial charge in [0.1, 0.15) is 0 Å². The van der Waals surface area contributed by atoms with Crippen LogP contribution >= 0.6 is 12.6 Å². The molecule has 0 saturated heterocycles. The van der Waals surface area contributed by atoms with E-state index in [4.69, 9.17) is 0 Å². The summed E-state index contributed by atoms with van der Waals surface area (Å²) < 4.78 is 0. The fourth-order valence-electron chi connectivity index (χ4n) is 0.854. The highest BCUT2D eigenvalue weighted by Crippen LogP contribution is 2.08. The molecule has 1 heteroatoms. The third-order valence-electron chi connectivity index (χ3n) is 1.44. The summed E-state index contributed by atoms with van der Waals surface area (Å²) in [5.41, 5.74) is 2.52. The molecule has 52 valence electrons. The Labute approximate surface area is 67.0 Å². The van der Waals surface area contributed by atoms with E-state index in [1.807, 2.05) is 18.2 Å². The maximum absolute atomic E-state index is 4.00. The molecule has 1 aromatic rings. The van der Waals surface area contributed by atoms with Crippen LogP contribution in [0.5, 0.6) is 0 Å². The van der Waals surface area contributed by atoms with Crippen molar-refractivity contribution in [2.75, 3.05) is 0 Å². The van der Waals surface area contributed by atoms with Gasteiger partial charge in [0.05, 0.1) is 0 Å². The number of aryl methyl sites for hydroxylation is 1. The van der Waals surface area contributed by atoms with E-state index >= 15 is 0 Å². The van der Waals surface area contributed by atoms with Crippen molar-refractivity contribution in [1.29, 1.82) is 0 Å². The number of hydrogen-bond donors (Lipinski definition) is 1. The minimum atomic E-state index is 1.23. The van der Waals surface area contributed by atoms with Crippen molar-refractivity contribution in [2.24, 2.45) is 0 Å². The van der Waals surface area contributed by atoms with E-state index in [1.165, 1.54) is 11.1 Å². The van der Waals surface area contributed by atoms with Gasteiger partial charge in [-0.1, -0.05) is 24.3 Å². The first-order chi connectivity index (χ1) is 4.84. The minimum Gasteiger partial charge on any atom is -0.151 e. The third kappa shape index (κ3) is 1.64. The van der Waals surface area contributed by atoms with Crippen molar-refractivity contribution in [3.05, 3.63) is 40.8 Å². The summed E-state index contributed by atoms with van der Waals surface area (Å²) in [4.78, 5) is 0. The van der Waals surface area contributed by atoms with Crippen LogP contribution in [-0.4, -0.2) is 0 Å². The molecular formula is C9H10S. The third-order valence-corrected chi connectivity index (χ3v) is 1.59. The van der Waals surface area contributed by atoms with E-state index in [0.29, 0.717) is 0 Å². The van der Waals surface area contributed by atoms with Gasteiger partial charge < -0.3 is 0 Å². The van der Waals surface area contributed by atoms with Crippen LogP contribution in [0.15, 0.2) is 29.7 Å². The summed E-state index contributed by atoms with van der Waals surface area (Å²) in [6, 6.07) is 8.21. The maximum Gasteiger partial charge on any atom is -0.0222 e. The molecule has 0 heterocycles. The minimum absolute atomic E-state index is 1.23. The van der Waals surface area contributed by atoms with Gasteiger partial charge in [-0.2, -0.15) is 12.6 Å². The lowest BCUT2D eigenvalue weighted by Gasteiger charge is -1.96. The Bertz CT molecular complexity index is 238. The van der Waals surface area contributed by atoms with Gasteiger partial charge in [-0.15, -0.1) is 0 Å². The zero-order chi connectivity index (χ0) is 7.40. The second-order valence-corrected chi connectivity index (χ2v) is 2.47. The quantitative estimate of drug-likeness (QED) is 0.585. The van der Waals surface area contributed by atoms with Crippen LogP contribution in [-0.2, 0) is 0 Å². The van der Waals surface area contributed by atoms with Crippen LogP contribution in [0.2, 0.25) is 0 Å². The molecule has 0 N–H and O–H groups in total. The highest BCUT2D eigenvalue weighted by Gasteiger charge is 1.87. The van der Waals surface area contributed by atoms with Crippen LogP contribution < -0.4 is 0 Å². The molecule has 0 fully saturated rings. The molecule has 0 unspecified atom stereocenters. The highest BCUT2D eigenvalue weighted by molar-refractivity contribution is 7.83. The fraction of sp³-hybridized carbons (Fsp3) is 0.111. The van der Waals surface area contributed by atoms with Gasteiger partial charge in [-0.3, -0.25) is 0 Å². The lowest BCUT2D eigenvalue weighted by molar-refractivity contribution is 1.45. The molecule has 0 bridgehead atoms. The Balaban J connectivity index is 3.03. The van der Waals surface area contributed by atoms with Gasteiger partial charge in [-0.05, 0) is 29.5 Å². The number of rotatable bonds is 1. The predicted molar refractivity (Wildman–Crippen MR) is 49.2 cm³/mol. The Morgan fingerprint density at radius 2 is 2.00 bits per heavy atom. The van der Waals surface area contributed by atoms with Crippen LogP contribution in [0.25, 0.3) is 6.08 Å². The second-order valence-electron chi connectivity index (χ2n) is 2.17. The Morgan fingerprint density at radius 3 is 2.60 bits per heavy atom. The van der Waals surface area contributed by atoms with E-state index in [-0.39, 0.29) is 0 Å². The lowest BCUT2D eigenvalue weighted by Crippen LogP contribution is -1.76. The van der Waals surface area contributed by atoms with E-state index in [1.54, 1.807) is 5.41 Å². The van der Waals surface area contributed by atoms with Crippen molar-refractivity contribution >= 4 is 18.7 Å². The molecule has 10 heavy (non-hydrogen) atoms. The molecule has 0 spiro atoms. The molecule has 0 amide bonds. The maximum atomic E-state index is 4.00. The SMILES string of the molecule is Cc1ccccc1/C=C\S. The monoisotopic (exact) mass is 150 g/mol. The Hall–Kier alpha value is -0.690. The molecule has 1 aromatic carbocycles. The highest BCUT2D eigenvalue weighted by atomic mass is 32.1. The molecule has 1 rings (SSSR count). The Morgan fingerprint density at radius 1 is 1.30 bits per heavy atom. The standard InChI is InChI=1S/C9H10S/c1-8-4-2-3-5-9(8)6-7-10/h2-7,10H,1H3/b7-6-. The van der Waals surface area contributed by atoms with Gasteiger partial charge >= 0.3 is 0 Å². The molecule has 0 aliphatic heterocycles. The first-order valence-corrected chi connectivity index (χ1v) is 3.72. The topological polar surface area (TPSA) is 0 Å². The predicted octanol–water partition coefficient (Wildman–Crippen LogP) is 2.90. The van der Waals surface area contributed by atoms with Crippen LogP contribution in [0.1, 0.15) is 11.1 Å². The molecule has 0 radical (unpaired) electrons. The zero-order valence-corrected chi connectivity index (χ0v) is 6.81. The largest absolute Gasteiger partial charge is 0.151 e. The lowest BCUT2D eigenvalue weighted by atomic mass is 10.1. The second kappa shape index (κ2) is 3.47. The first kappa shape index (κ1) is 7.42. The average molecular weight is 150 g/mol. The van der Waals surface area contributed by atoms with Gasteiger partial charge in [0.2, 0.25) is 0 Å². The summed E-state index contributed by atoms with van der Waals surface area (Å²) in [6.07, 6.45) is 1.98. The number of thiol groups is 1. The first-order valence-electron chi connectivity index (χ1n) is 3.21. The van der Waals surface area contributed by atoms with E-state index in [9.17, 15) is 0 Å². The number of hydrogen-bond acceptors (Lipinski definition) is 1. The molecule has 0 nitrogen and oxygen atoms in total. The van der Waals surface area contributed by atoms with Gasteiger partial charge in [0.25, 0.3) is 0 Å². The van der Waals surface area contributed by atoms with Gasteiger partial charge in [0, 0.05) is 0 Å². The van der Waals surface area contributed by atoms with Crippen LogP contribution in [0.3, 0.4) is 0 Å². The summed E-state index contributed by atoms with van der Waals surface area (Å²) in [7, 11) is 0. The summed E-state index contributed by atoms with van der Waals surface area (Å²) in [5, 5.41) is 1.75. The van der Waals surface area contributed by atoms with Gasteiger partial charge in [-0.25, -0.2) is 0 Å². The van der Waals surface area contributed by atoms with E-state index in [0.717, 1.165) is 0 Å². The molecular weight excluding hydrogens is 140 g/mol. The zero-order valence-electron chi connectivity index (χ0n) is 5.91. The normalized spacial score (nSPS) is 10.6. The van der Waals surface area contributed by atoms with E-state index < -0.39 is 0 Å². The average Bonchev–Trinajstić information content (AvgIpc) is 1.94. The molecule has 0 aliphatic carbocycles. The van der Waals surface area contributed by atoms with Crippen molar-refractivity contribution in [3.8, 4) is 0 Å². The van der Waals surface area contributed by atoms with Crippen molar-refractivity contribution in [2.45, 2.75) is 6.92 Å². The Kier molecular flexibility index (Phi) is 2.57. The van der Waals surface area contributed by atoms with Gasteiger partial charge in [0.15, 0.2) is 0 Å². The smallest absolute Gasteiger partial charge is 0.0222 e. The molecule has 0 atom stereocenters. The van der Waals surface area contributed by atoms with Crippen molar-refractivity contribution in [1.82, 2.24) is 0 Å². The molecule has 0 aliphatic rings. The van der Waals surface area contributed by atoms with Crippen molar-refractivity contribution in [3.63, 3.8) is 0 Å². The molecule has 0 saturated carbocycles. The van der Waals surface area contributed by atoms with Crippen LogP contribution in [0.4, 0.5) is 0 Å². The van der Waals surface area contributed by atoms with Crippen molar-refractivity contribution < 1.29 is 0 Å².